The largest absolute Gasteiger partial charge is 0.338 e. The van der Waals surface area contributed by atoms with Gasteiger partial charge >= 0.3 is 0 Å². The SMILES string of the molecule is Cc1noc2nc(C3CC3)cc(C(=O)Nc3cccc(CN4CCCC4=O)c3)c12. The van der Waals surface area contributed by atoms with E-state index in [0.29, 0.717) is 46.9 Å². The molecule has 5 rings (SSSR count). The maximum Gasteiger partial charge on any atom is 0.259 e. The van der Waals surface area contributed by atoms with Crippen LogP contribution in [0.2, 0.25) is 0 Å². The number of rotatable bonds is 5. The molecule has 3 heterocycles. The summed E-state index contributed by atoms with van der Waals surface area (Å²) in [6, 6.07) is 9.51. The maximum absolute atomic E-state index is 13.1. The molecule has 0 radical (unpaired) electrons. The first-order valence-electron chi connectivity index (χ1n) is 10.0. The molecule has 1 N–H and O–H groups in total. The third-order valence-corrected chi connectivity index (χ3v) is 5.61. The summed E-state index contributed by atoms with van der Waals surface area (Å²) in [5.74, 6) is 0.381. The van der Waals surface area contributed by atoms with Gasteiger partial charge in [-0.1, -0.05) is 17.3 Å². The standard InChI is InChI=1S/C22H22N4O3/c1-13-20-17(11-18(15-7-8-15)24-22(20)29-25-13)21(28)23-16-5-2-4-14(10-16)12-26-9-3-6-19(26)27/h2,4-5,10-11,15H,3,6-9,12H2,1H3,(H,23,28). The monoisotopic (exact) mass is 390 g/mol. The van der Waals surface area contributed by atoms with Crippen LogP contribution in [0, 0.1) is 6.92 Å². The third kappa shape index (κ3) is 3.48. The molecule has 0 unspecified atom stereocenters. The van der Waals surface area contributed by atoms with Crippen LogP contribution >= 0.6 is 0 Å². The van der Waals surface area contributed by atoms with Gasteiger partial charge in [0.15, 0.2) is 0 Å². The number of amides is 2. The lowest BCUT2D eigenvalue weighted by Gasteiger charge is -2.16. The van der Waals surface area contributed by atoms with Crippen molar-refractivity contribution in [1.82, 2.24) is 15.0 Å². The molecule has 2 aromatic heterocycles. The fourth-order valence-electron chi connectivity index (χ4n) is 3.92. The predicted molar refractivity (Wildman–Crippen MR) is 108 cm³/mol. The molecule has 0 spiro atoms. The van der Waals surface area contributed by atoms with Crippen LogP contribution in [0.5, 0.6) is 0 Å². The number of pyridine rings is 1. The van der Waals surface area contributed by atoms with Crippen LogP contribution in [-0.4, -0.2) is 33.4 Å². The lowest BCUT2D eigenvalue weighted by molar-refractivity contribution is -0.128. The Balaban J connectivity index is 1.41. The first-order valence-corrected chi connectivity index (χ1v) is 10.0. The number of carbonyl (C=O) groups excluding carboxylic acids is 2. The van der Waals surface area contributed by atoms with Gasteiger partial charge in [0.2, 0.25) is 5.91 Å². The molecule has 0 atom stereocenters. The van der Waals surface area contributed by atoms with E-state index in [9.17, 15) is 9.59 Å². The Morgan fingerprint density at radius 3 is 2.93 bits per heavy atom. The van der Waals surface area contributed by atoms with Crippen molar-refractivity contribution in [3.05, 3.63) is 52.8 Å². The molecule has 1 saturated carbocycles. The molecule has 2 aliphatic rings. The van der Waals surface area contributed by atoms with E-state index in [1.165, 1.54) is 0 Å². The Bertz CT molecular complexity index is 1120. The normalized spacial score (nSPS) is 16.6. The minimum atomic E-state index is -0.208. The van der Waals surface area contributed by atoms with E-state index in [-0.39, 0.29) is 11.8 Å². The van der Waals surface area contributed by atoms with E-state index in [0.717, 1.165) is 37.1 Å². The molecule has 0 bridgehead atoms. The highest BCUT2D eigenvalue weighted by Crippen LogP contribution is 2.40. The second kappa shape index (κ2) is 6.99. The van der Waals surface area contributed by atoms with E-state index < -0.39 is 0 Å². The number of carbonyl (C=O) groups is 2. The quantitative estimate of drug-likeness (QED) is 0.716. The maximum atomic E-state index is 13.1. The van der Waals surface area contributed by atoms with Gasteiger partial charge in [-0.2, -0.15) is 0 Å². The first kappa shape index (κ1) is 17.8. The van der Waals surface area contributed by atoms with Gasteiger partial charge in [-0.05, 0) is 49.9 Å². The topological polar surface area (TPSA) is 88.3 Å². The summed E-state index contributed by atoms with van der Waals surface area (Å²) in [5, 5.41) is 7.64. The van der Waals surface area contributed by atoms with Crippen molar-refractivity contribution in [3.63, 3.8) is 0 Å². The first-order chi connectivity index (χ1) is 14.1. The molecule has 1 aliphatic heterocycles. The molecule has 2 amide bonds. The molecule has 29 heavy (non-hydrogen) atoms. The molecular formula is C22H22N4O3. The highest BCUT2D eigenvalue weighted by molar-refractivity contribution is 6.12. The molecule has 7 nitrogen and oxygen atoms in total. The van der Waals surface area contributed by atoms with Crippen molar-refractivity contribution < 1.29 is 14.1 Å². The summed E-state index contributed by atoms with van der Waals surface area (Å²) in [6.07, 6.45) is 3.71. The van der Waals surface area contributed by atoms with Gasteiger partial charge in [0.05, 0.1) is 16.6 Å². The van der Waals surface area contributed by atoms with Gasteiger partial charge in [-0.3, -0.25) is 9.59 Å². The van der Waals surface area contributed by atoms with E-state index in [1.807, 2.05) is 42.2 Å². The Kier molecular flexibility index (Phi) is 4.30. The number of hydrogen-bond donors (Lipinski definition) is 1. The molecular weight excluding hydrogens is 368 g/mol. The van der Waals surface area contributed by atoms with Crippen LogP contribution in [0.3, 0.4) is 0 Å². The average molecular weight is 390 g/mol. The summed E-state index contributed by atoms with van der Waals surface area (Å²) >= 11 is 0. The van der Waals surface area contributed by atoms with E-state index in [1.54, 1.807) is 0 Å². The zero-order valence-corrected chi connectivity index (χ0v) is 16.3. The van der Waals surface area contributed by atoms with E-state index >= 15 is 0 Å². The summed E-state index contributed by atoms with van der Waals surface area (Å²) in [7, 11) is 0. The number of hydrogen-bond acceptors (Lipinski definition) is 5. The molecule has 2 fully saturated rings. The Labute approximate surface area is 168 Å². The predicted octanol–water partition coefficient (Wildman–Crippen LogP) is 3.78. The number of fused-ring (bicyclic) bond motifs is 1. The van der Waals surface area contributed by atoms with E-state index in [4.69, 9.17) is 4.52 Å². The summed E-state index contributed by atoms with van der Waals surface area (Å²) in [5.41, 5.74) is 4.19. The number of benzene rings is 1. The molecule has 1 saturated heterocycles. The number of aromatic nitrogens is 2. The Morgan fingerprint density at radius 2 is 2.17 bits per heavy atom. The second-order valence-corrected chi connectivity index (χ2v) is 7.89. The lowest BCUT2D eigenvalue weighted by atomic mass is 10.1. The number of anilines is 1. The zero-order chi connectivity index (χ0) is 20.0. The minimum Gasteiger partial charge on any atom is -0.338 e. The number of nitrogens with one attached hydrogen (secondary N) is 1. The van der Waals surface area contributed by atoms with E-state index in [2.05, 4.69) is 15.5 Å². The van der Waals surface area contributed by atoms with Crippen molar-refractivity contribution in [3.8, 4) is 0 Å². The van der Waals surface area contributed by atoms with Crippen molar-refractivity contribution in [2.75, 3.05) is 11.9 Å². The fraction of sp³-hybridized carbons (Fsp3) is 0.364. The van der Waals surface area contributed by atoms with Crippen molar-refractivity contribution >= 4 is 28.6 Å². The van der Waals surface area contributed by atoms with Gasteiger partial charge in [0, 0.05) is 36.8 Å². The van der Waals surface area contributed by atoms with Gasteiger partial charge in [0.25, 0.3) is 11.6 Å². The highest BCUT2D eigenvalue weighted by Gasteiger charge is 2.28. The van der Waals surface area contributed by atoms with Gasteiger partial charge < -0.3 is 14.7 Å². The molecule has 3 aromatic rings. The number of aryl methyl sites for hydroxylation is 1. The lowest BCUT2D eigenvalue weighted by Crippen LogP contribution is -2.23. The van der Waals surface area contributed by atoms with Gasteiger partial charge in [-0.15, -0.1) is 0 Å². The Hall–Kier alpha value is -3.22. The smallest absolute Gasteiger partial charge is 0.259 e. The van der Waals surface area contributed by atoms with Gasteiger partial charge in [-0.25, -0.2) is 4.98 Å². The third-order valence-electron chi connectivity index (χ3n) is 5.61. The van der Waals surface area contributed by atoms with Crippen LogP contribution < -0.4 is 5.32 Å². The molecule has 7 heteroatoms. The van der Waals surface area contributed by atoms with Crippen LogP contribution in [0.1, 0.15) is 58.9 Å². The zero-order valence-electron chi connectivity index (χ0n) is 16.3. The Morgan fingerprint density at radius 1 is 1.31 bits per heavy atom. The van der Waals surface area contributed by atoms with Crippen molar-refractivity contribution in [2.45, 2.75) is 45.1 Å². The van der Waals surface area contributed by atoms with Crippen molar-refractivity contribution in [2.24, 2.45) is 0 Å². The highest BCUT2D eigenvalue weighted by atomic mass is 16.5. The summed E-state index contributed by atoms with van der Waals surface area (Å²) in [6.45, 7) is 3.18. The van der Waals surface area contributed by atoms with Crippen LogP contribution in [0.15, 0.2) is 34.9 Å². The number of nitrogens with zero attached hydrogens (tertiary/aromatic N) is 3. The summed E-state index contributed by atoms with van der Waals surface area (Å²) in [4.78, 5) is 31.4. The average Bonchev–Trinajstić information content (AvgIpc) is 3.40. The molecule has 1 aromatic carbocycles. The van der Waals surface area contributed by atoms with Crippen molar-refractivity contribution in [1.29, 1.82) is 0 Å². The van der Waals surface area contributed by atoms with Crippen LogP contribution in [0.4, 0.5) is 5.69 Å². The second-order valence-electron chi connectivity index (χ2n) is 7.89. The fourth-order valence-corrected chi connectivity index (χ4v) is 3.92. The van der Waals surface area contributed by atoms with Gasteiger partial charge in [0.1, 0.15) is 0 Å². The number of likely N-dealkylation sites (tertiary alicyclic amines) is 1. The molecule has 1 aliphatic carbocycles. The summed E-state index contributed by atoms with van der Waals surface area (Å²) < 4.78 is 5.33. The minimum absolute atomic E-state index is 0.189. The molecule has 148 valence electrons. The van der Waals surface area contributed by atoms with Crippen LogP contribution in [0.25, 0.3) is 11.1 Å². The van der Waals surface area contributed by atoms with Crippen LogP contribution in [-0.2, 0) is 11.3 Å².